The number of aromatic nitrogens is 5. The Morgan fingerprint density at radius 2 is 2.10 bits per heavy atom. The average Bonchev–Trinajstić information content (AvgIpc) is 3.36. The quantitative estimate of drug-likeness (QED) is 0.537. The summed E-state index contributed by atoms with van der Waals surface area (Å²) in [5, 5.41) is 18.1. The molecule has 1 saturated carbocycles. The van der Waals surface area contributed by atoms with E-state index in [-0.39, 0.29) is 11.7 Å². The van der Waals surface area contributed by atoms with Gasteiger partial charge in [-0.2, -0.15) is 4.98 Å². The van der Waals surface area contributed by atoms with Gasteiger partial charge in [-0.25, -0.2) is 13.9 Å². The molecule has 0 bridgehead atoms. The normalized spacial score (nSPS) is 21.9. The van der Waals surface area contributed by atoms with E-state index in [1.165, 1.54) is 6.07 Å². The highest BCUT2D eigenvalue weighted by atomic mass is 19.1. The van der Waals surface area contributed by atoms with Crippen LogP contribution in [0.1, 0.15) is 32.6 Å². The predicted octanol–water partition coefficient (Wildman–Crippen LogP) is 3.30. The molecule has 0 radical (unpaired) electrons. The van der Waals surface area contributed by atoms with Gasteiger partial charge in [-0.15, -0.1) is 5.10 Å². The van der Waals surface area contributed by atoms with Crippen LogP contribution in [0, 0.1) is 5.82 Å². The molecule has 1 fully saturated rings. The van der Waals surface area contributed by atoms with Gasteiger partial charge in [-0.3, -0.25) is 0 Å². The molecule has 0 aliphatic heterocycles. The minimum Gasteiger partial charge on any atom is -0.479 e. The van der Waals surface area contributed by atoms with E-state index in [1.807, 2.05) is 25.4 Å². The summed E-state index contributed by atoms with van der Waals surface area (Å²) >= 11 is 0. The number of methoxy groups -OCH3 is 1. The Hall–Kier alpha value is -3.20. The zero-order valence-electron chi connectivity index (χ0n) is 16.8. The lowest BCUT2D eigenvalue weighted by atomic mass is 9.84. The number of imidazole rings is 1. The second-order valence-corrected chi connectivity index (χ2v) is 8.12. The van der Waals surface area contributed by atoms with Crippen LogP contribution in [0.2, 0.25) is 0 Å². The minimum atomic E-state index is -0.596. The minimum absolute atomic E-state index is 0.195. The molecule has 0 saturated heterocycles. The van der Waals surface area contributed by atoms with Crippen molar-refractivity contribution in [1.29, 1.82) is 0 Å². The van der Waals surface area contributed by atoms with E-state index in [2.05, 4.69) is 20.4 Å². The van der Waals surface area contributed by atoms with Gasteiger partial charge in [0.15, 0.2) is 11.5 Å². The number of nitrogens with zero attached hydrogens (tertiary/aromatic N) is 5. The van der Waals surface area contributed by atoms with Crippen LogP contribution in [-0.4, -0.2) is 47.8 Å². The molecule has 0 aromatic carbocycles. The van der Waals surface area contributed by atoms with Crippen LogP contribution in [-0.2, 0) is 0 Å². The van der Waals surface area contributed by atoms with E-state index in [0.717, 1.165) is 31.2 Å². The molecule has 1 aliphatic carbocycles. The predicted molar refractivity (Wildman–Crippen MR) is 110 cm³/mol. The SMILES string of the molecule is COc1nc(NC2CCC(C)(O)CC2)nn2ccc(-c3cc(F)c4nccn4c3)c12. The van der Waals surface area contributed by atoms with Gasteiger partial charge in [0.1, 0.15) is 5.52 Å². The van der Waals surface area contributed by atoms with Gasteiger partial charge in [0.05, 0.1) is 12.7 Å². The van der Waals surface area contributed by atoms with Crippen LogP contribution in [0.4, 0.5) is 10.3 Å². The van der Waals surface area contributed by atoms with Crippen molar-refractivity contribution in [3.8, 4) is 17.0 Å². The molecule has 30 heavy (non-hydrogen) atoms. The highest BCUT2D eigenvalue weighted by Gasteiger charge is 2.29. The van der Waals surface area contributed by atoms with Crippen LogP contribution < -0.4 is 10.1 Å². The van der Waals surface area contributed by atoms with E-state index in [0.29, 0.717) is 22.9 Å². The number of rotatable bonds is 4. The lowest BCUT2D eigenvalue weighted by Gasteiger charge is -2.33. The van der Waals surface area contributed by atoms with Crippen LogP contribution in [0.25, 0.3) is 22.3 Å². The fourth-order valence-corrected chi connectivity index (χ4v) is 4.13. The smallest absolute Gasteiger partial charge is 0.244 e. The lowest BCUT2D eigenvalue weighted by molar-refractivity contribution is 0.0195. The summed E-state index contributed by atoms with van der Waals surface area (Å²) in [4.78, 5) is 8.56. The Kier molecular flexibility index (Phi) is 4.35. The highest BCUT2D eigenvalue weighted by Crippen LogP contribution is 2.33. The van der Waals surface area contributed by atoms with Crippen molar-refractivity contribution in [1.82, 2.24) is 24.0 Å². The summed E-state index contributed by atoms with van der Waals surface area (Å²) in [5.41, 5.74) is 1.79. The van der Waals surface area contributed by atoms with Crippen molar-refractivity contribution in [3.63, 3.8) is 0 Å². The summed E-state index contributed by atoms with van der Waals surface area (Å²) in [6.45, 7) is 1.88. The Bertz CT molecular complexity index is 1220. The first kappa shape index (κ1) is 18.8. The molecular weight excluding hydrogens is 387 g/mol. The molecule has 0 atom stereocenters. The number of pyridine rings is 1. The van der Waals surface area contributed by atoms with Crippen molar-refractivity contribution in [3.05, 3.63) is 42.7 Å². The number of hydrogen-bond donors (Lipinski definition) is 2. The van der Waals surface area contributed by atoms with Gasteiger partial charge in [-0.1, -0.05) is 0 Å². The van der Waals surface area contributed by atoms with Gasteiger partial charge < -0.3 is 19.6 Å². The molecule has 8 nitrogen and oxygen atoms in total. The van der Waals surface area contributed by atoms with E-state index in [1.54, 1.807) is 28.4 Å². The number of ether oxygens (including phenoxy) is 1. The first-order valence-electron chi connectivity index (χ1n) is 9.98. The maximum Gasteiger partial charge on any atom is 0.244 e. The van der Waals surface area contributed by atoms with Crippen LogP contribution in [0.5, 0.6) is 5.88 Å². The largest absolute Gasteiger partial charge is 0.479 e. The molecule has 4 heterocycles. The Morgan fingerprint density at radius 3 is 2.87 bits per heavy atom. The third kappa shape index (κ3) is 3.24. The van der Waals surface area contributed by atoms with Gasteiger partial charge in [0, 0.05) is 42.0 Å². The molecule has 4 aromatic rings. The molecule has 4 aromatic heterocycles. The highest BCUT2D eigenvalue weighted by molar-refractivity contribution is 5.84. The number of hydrogen-bond acceptors (Lipinski definition) is 6. The topological polar surface area (TPSA) is 89.0 Å². The molecule has 0 unspecified atom stereocenters. The van der Waals surface area contributed by atoms with Crippen LogP contribution >= 0.6 is 0 Å². The number of aliphatic hydroxyl groups is 1. The van der Waals surface area contributed by atoms with Crippen molar-refractivity contribution >= 4 is 17.1 Å². The third-order valence-electron chi connectivity index (χ3n) is 5.82. The van der Waals surface area contributed by atoms with Gasteiger partial charge >= 0.3 is 0 Å². The van der Waals surface area contributed by atoms with E-state index in [4.69, 9.17) is 4.74 Å². The van der Waals surface area contributed by atoms with Crippen molar-refractivity contribution in [2.75, 3.05) is 12.4 Å². The molecular formula is C21H23FN6O2. The van der Waals surface area contributed by atoms with Gasteiger partial charge in [-0.05, 0) is 44.7 Å². The first-order valence-corrected chi connectivity index (χ1v) is 9.98. The number of fused-ring (bicyclic) bond motifs is 2. The molecule has 2 N–H and O–H groups in total. The summed E-state index contributed by atoms with van der Waals surface area (Å²) in [7, 11) is 1.56. The summed E-state index contributed by atoms with van der Waals surface area (Å²) in [6.07, 6.45) is 10.1. The molecule has 0 amide bonds. The van der Waals surface area contributed by atoms with E-state index in [9.17, 15) is 9.50 Å². The van der Waals surface area contributed by atoms with E-state index < -0.39 is 11.4 Å². The Balaban J connectivity index is 1.51. The summed E-state index contributed by atoms with van der Waals surface area (Å²) in [5.74, 6) is 0.467. The van der Waals surface area contributed by atoms with Crippen molar-refractivity contribution in [2.45, 2.75) is 44.2 Å². The second-order valence-electron chi connectivity index (χ2n) is 8.12. The van der Waals surface area contributed by atoms with Crippen molar-refractivity contribution < 1.29 is 14.2 Å². The third-order valence-corrected chi connectivity index (χ3v) is 5.82. The molecule has 156 valence electrons. The first-order chi connectivity index (χ1) is 14.4. The molecule has 0 spiro atoms. The van der Waals surface area contributed by atoms with Gasteiger partial charge in [0.25, 0.3) is 0 Å². The van der Waals surface area contributed by atoms with Crippen LogP contribution in [0.3, 0.4) is 0 Å². The average molecular weight is 410 g/mol. The summed E-state index contributed by atoms with van der Waals surface area (Å²) in [6, 6.07) is 3.52. The molecule has 5 rings (SSSR count). The zero-order chi connectivity index (χ0) is 20.9. The Labute approximate surface area is 172 Å². The van der Waals surface area contributed by atoms with Gasteiger partial charge in [0.2, 0.25) is 11.8 Å². The number of halogens is 1. The Morgan fingerprint density at radius 1 is 1.30 bits per heavy atom. The standard InChI is InChI=1S/C21H23FN6O2/c1-21(29)6-3-14(4-7-21)24-20-25-19(30-2)17-15(5-9-28(17)26-20)13-11-16(22)18-23-8-10-27(18)12-13/h5,8-12,14,29H,3-4,6-7H2,1-2H3,(H,24,26). The van der Waals surface area contributed by atoms with Crippen molar-refractivity contribution in [2.24, 2.45) is 0 Å². The lowest BCUT2D eigenvalue weighted by Crippen LogP contribution is -2.36. The number of anilines is 1. The maximum atomic E-state index is 14.5. The van der Waals surface area contributed by atoms with Crippen LogP contribution in [0.15, 0.2) is 36.9 Å². The fourth-order valence-electron chi connectivity index (χ4n) is 4.13. The summed E-state index contributed by atoms with van der Waals surface area (Å²) < 4.78 is 23.3. The van der Waals surface area contributed by atoms with E-state index >= 15 is 0 Å². The number of nitrogens with one attached hydrogen (secondary N) is 1. The molecule has 9 heteroatoms. The maximum absolute atomic E-state index is 14.5. The zero-order valence-corrected chi connectivity index (χ0v) is 16.8. The molecule has 1 aliphatic rings. The fraction of sp³-hybridized carbons (Fsp3) is 0.381. The monoisotopic (exact) mass is 410 g/mol. The second kappa shape index (κ2) is 6.94.